The number of hydrogen-bond donors (Lipinski definition) is 2. The number of carbonyl (C=O) groups excluding carboxylic acids is 4. The van der Waals surface area contributed by atoms with Crippen LogP contribution >= 0.6 is 46.4 Å². The first-order valence-electron chi connectivity index (χ1n) is 16.6. The minimum atomic E-state index is -4.76. The number of pyridine rings is 1. The molecule has 2 aliphatic heterocycles. The maximum absolute atomic E-state index is 15.2. The van der Waals surface area contributed by atoms with Gasteiger partial charge in [0.2, 0.25) is 11.8 Å². The van der Waals surface area contributed by atoms with Crippen molar-refractivity contribution in [2.75, 3.05) is 10.3 Å². The number of fused-ring (bicyclic) bond motifs is 4. The number of imide groups is 2. The van der Waals surface area contributed by atoms with Crippen molar-refractivity contribution in [2.24, 2.45) is 23.7 Å². The lowest BCUT2D eigenvalue weighted by Gasteiger charge is -2.50. The first-order valence-corrected chi connectivity index (χ1v) is 18.1. The molecule has 4 aromatic rings. The molecule has 0 radical (unpaired) electrons. The van der Waals surface area contributed by atoms with Crippen molar-refractivity contribution in [2.45, 2.75) is 30.4 Å². The zero-order chi connectivity index (χ0) is 38.4. The van der Waals surface area contributed by atoms with Crippen LogP contribution in [0.15, 0.2) is 90.6 Å². The lowest BCUT2D eigenvalue weighted by Crippen LogP contribution is -2.53. The van der Waals surface area contributed by atoms with Gasteiger partial charge in [0.05, 0.1) is 39.4 Å². The molecular formula is C38H25Cl4F3N4O5. The monoisotopic (exact) mass is 814 g/mol. The van der Waals surface area contributed by atoms with Crippen LogP contribution in [0.3, 0.4) is 0 Å². The van der Waals surface area contributed by atoms with E-state index in [-0.39, 0.29) is 29.4 Å². The number of allylic oxidation sites excluding steroid dienone is 2. The van der Waals surface area contributed by atoms with Gasteiger partial charge in [-0.25, -0.2) is 4.98 Å². The number of hydrazine groups is 1. The van der Waals surface area contributed by atoms with Crippen LogP contribution in [0, 0.1) is 23.7 Å². The van der Waals surface area contributed by atoms with E-state index in [0.717, 1.165) is 4.90 Å². The number of nitrogens with one attached hydrogen (secondary N) is 1. The molecule has 2 saturated heterocycles. The van der Waals surface area contributed by atoms with Crippen LogP contribution in [-0.2, 0) is 30.8 Å². The van der Waals surface area contributed by atoms with Crippen LogP contribution < -0.4 is 10.3 Å². The third-order valence-electron chi connectivity index (χ3n) is 10.9. The van der Waals surface area contributed by atoms with Crippen LogP contribution in [-0.4, -0.2) is 38.7 Å². The van der Waals surface area contributed by atoms with E-state index >= 15 is 4.79 Å². The van der Waals surface area contributed by atoms with Crippen LogP contribution in [0.1, 0.15) is 35.4 Å². The molecule has 16 heteroatoms. The summed E-state index contributed by atoms with van der Waals surface area (Å²) >= 11 is 25.5. The van der Waals surface area contributed by atoms with Crippen molar-refractivity contribution in [1.82, 2.24) is 9.99 Å². The normalized spacial score (nSPS) is 26.4. The predicted molar refractivity (Wildman–Crippen MR) is 194 cm³/mol. The number of phenolic OH excluding ortho intramolecular Hbond substituents is 1. The molecule has 9 nitrogen and oxygen atoms in total. The number of aromatic hydroxyl groups is 1. The molecule has 1 saturated carbocycles. The summed E-state index contributed by atoms with van der Waals surface area (Å²) in [7, 11) is 0. The maximum atomic E-state index is 15.2. The first-order chi connectivity index (χ1) is 25.6. The predicted octanol–water partition coefficient (Wildman–Crippen LogP) is 8.61. The van der Waals surface area contributed by atoms with Crippen LogP contribution in [0.2, 0.25) is 20.1 Å². The average molecular weight is 816 g/mol. The van der Waals surface area contributed by atoms with Gasteiger partial charge in [-0.1, -0.05) is 76.3 Å². The summed E-state index contributed by atoms with van der Waals surface area (Å²) in [5, 5.41) is 11.4. The largest absolute Gasteiger partial charge is 0.508 e. The number of nitrogens with zero attached hydrogens (tertiary/aromatic N) is 3. The number of alkyl halides is 3. The van der Waals surface area contributed by atoms with E-state index < -0.39 is 75.4 Å². The smallest absolute Gasteiger partial charge is 0.417 e. The SMILES string of the molecule is O=C1C2CC3C(=CCC4C(=O)N(c5ccc(Cl)cc5)C(=O)C43)C(c3ccc(O)cc3Cl)C2(c2ccc(Cl)cc2)C(=O)N1Nc1ncc(C(F)(F)F)cc1Cl. The second kappa shape index (κ2) is 13.0. The molecular weight excluding hydrogens is 791 g/mol. The van der Waals surface area contributed by atoms with Crippen LogP contribution in [0.25, 0.3) is 0 Å². The fraction of sp³-hybridized carbons (Fsp3) is 0.237. The number of phenols is 1. The van der Waals surface area contributed by atoms with E-state index in [1.54, 1.807) is 48.5 Å². The van der Waals surface area contributed by atoms with Crippen molar-refractivity contribution in [3.63, 3.8) is 0 Å². The molecule has 8 rings (SSSR count). The molecule has 3 heterocycles. The summed E-state index contributed by atoms with van der Waals surface area (Å²) in [6, 6.07) is 17.4. The zero-order valence-electron chi connectivity index (χ0n) is 27.5. The molecule has 1 aromatic heterocycles. The number of anilines is 2. The number of benzene rings is 3. The quantitative estimate of drug-likeness (QED) is 0.153. The molecule has 2 aliphatic carbocycles. The molecule has 4 aliphatic rings. The molecule has 6 unspecified atom stereocenters. The van der Waals surface area contributed by atoms with E-state index in [9.17, 15) is 32.7 Å². The van der Waals surface area contributed by atoms with Gasteiger partial charge < -0.3 is 5.11 Å². The fourth-order valence-electron chi connectivity index (χ4n) is 8.72. The number of hydrogen-bond acceptors (Lipinski definition) is 7. The summed E-state index contributed by atoms with van der Waals surface area (Å²) in [4.78, 5) is 63.3. The van der Waals surface area contributed by atoms with Gasteiger partial charge in [0, 0.05) is 27.2 Å². The van der Waals surface area contributed by atoms with Gasteiger partial charge in [-0.05, 0) is 84.5 Å². The van der Waals surface area contributed by atoms with Crippen LogP contribution in [0.5, 0.6) is 5.75 Å². The summed E-state index contributed by atoms with van der Waals surface area (Å²) < 4.78 is 40.4. The Morgan fingerprint density at radius 2 is 1.48 bits per heavy atom. The van der Waals surface area contributed by atoms with Gasteiger partial charge in [-0.15, -0.1) is 0 Å². The van der Waals surface area contributed by atoms with Crippen LogP contribution in [0.4, 0.5) is 24.7 Å². The molecule has 3 aromatic carbocycles. The second-order valence-electron chi connectivity index (χ2n) is 13.6. The zero-order valence-corrected chi connectivity index (χ0v) is 30.5. The Morgan fingerprint density at radius 3 is 2.11 bits per heavy atom. The summed E-state index contributed by atoms with van der Waals surface area (Å²) in [6.07, 6.45) is -2.36. The molecule has 0 spiro atoms. The molecule has 2 N–H and O–H groups in total. The van der Waals surface area contributed by atoms with Crippen molar-refractivity contribution in [3.05, 3.63) is 127 Å². The van der Waals surface area contributed by atoms with Gasteiger partial charge in [0.1, 0.15) is 5.75 Å². The Morgan fingerprint density at radius 1 is 0.815 bits per heavy atom. The van der Waals surface area contributed by atoms with E-state index in [1.165, 1.54) is 18.2 Å². The first kappa shape index (κ1) is 36.4. The molecule has 276 valence electrons. The molecule has 6 atom stereocenters. The summed E-state index contributed by atoms with van der Waals surface area (Å²) in [5.41, 5.74) is 1.29. The van der Waals surface area contributed by atoms with E-state index in [4.69, 9.17) is 46.4 Å². The Labute approximate surface area is 325 Å². The minimum Gasteiger partial charge on any atom is -0.508 e. The second-order valence-corrected chi connectivity index (χ2v) is 15.3. The lowest BCUT2D eigenvalue weighted by atomic mass is 9.49. The van der Waals surface area contributed by atoms with E-state index in [0.29, 0.717) is 49.7 Å². The highest BCUT2D eigenvalue weighted by Crippen LogP contribution is 2.65. The number of rotatable bonds is 5. The molecule has 4 amide bonds. The number of amides is 4. The van der Waals surface area contributed by atoms with E-state index in [2.05, 4.69) is 10.4 Å². The number of aromatic nitrogens is 1. The summed E-state index contributed by atoms with van der Waals surface area (Å²) in [5.74, 6) is -7.76. The molecule has 54 heavy (non-hydrogen) atoms. The van der Waals surface area contributed by atoms with Crippen molar-refractivity contribution in [1.29, 1.82) is 0 Å². The van der Waals surface area contributed by atoms with E-state index in [1.807, 2.05) is 6.08 Å². The average Bonchev–Trinajstić information content (AvgIpc) is 3.50. The Bertz CT molecular complexity index is 2310. The number of halogens is 7. The molecule has 0 bridgehead atoms. The number of carbonyl (C=O) groups is 4. The maximum Gasteiger partial charge on any atom is 0.417 e. The highest BCUT2D eigenvalue weighted by molar-refractivity contribution is 6.33. The third-order valence-corrected chi connectivity index (χ3v) is 12.1. The van der Waals surface area contributed by atoms with Crippen molar-refractivity contribution >= 4 is 81.5 Å². The third kappa shape index (κ3) is 5.48. The van der Waals surface area contributed by atoms with Gasteiger partial charge in [-0.3, -0.25) is 29.5 Å². The minimum absolute atomic E-state index is 0.0616. The standard InChI is InChI=1S/C38H25Cl4F3N4O5/c39-19-3-1-17(2-4-19)37-27(34(52)49(36(37)54)47-32-29(42)13-18(16-46-32)38(43,44)45)15-26-23(31(37)24-10-9-22(50)14-28(24)41)11-12-25-30(26)35(53)48(33(25)51)21-7-5-20(40)6-8-21/h1-11,13-14,16,25-27,30-31,50H,12,15H2,(H,46,47). The Hall–Kier alpha value is -4.62. The summed E-state index contributed by atoms with van der Waals surface area (Å²) in [6.45, 7) is 0. The van der Waals surface area contributed by atoms with Gasteiger partial charge in [-0.2, -0.15) is 18.2 Å². The van der Waals surface area contributed by atoms with Crippen molar-refractivity contribution < 1.29 is 37.5 Å². The Kier molecular flexibility index (Phi) is 8.76. The van der Waals surface area contributed by atoms with Gasteiger partial charge in [0.25, 0.3) is 11.8 Å². The fourth-order valence-corrected chi connectivity index (χ4v) is 9.47. The highest BCUT2D eigenvalue weighted by atomic mass is 35.5. The van der Waals surface area contributed by atoms with Crippen molar-refractivity contribution in [3.8, 4) is 5.75 Å². The molecule has 3 fully saturated rings. The van der Waals surface area contributed by atoms with Gasteiger partial charge in [0.15, 0.2) is 5.82 Å². The lowest BCUT2D eigenvalue weighted by molar-refractivity contribution is -0.139. The topological polar surface area (TPSA) is 120 Å². The van der Waals surface area contributed by atoms with Gasteiger partial charge >= 0.3 is 6.18 Å². The highest BCUT2D eigenvalue weighted by Gasteiger charge is 2.70. The Balaban J connectivity index is 1.31.